The molecule has 1 unspecified atom stereocenters. The second kappa shape index (κ2) is 5.37. The van der Waals surface area contributed by atoms with Crippen molar-refractivity contribution in [2.45, 2.75) is 13.0 Å². The highest BCUT2D eigenvalue weighted by atomic mass is 16.5. The van der Waals surface area contributed by atoms with E-state index < -0.39 is 12.1 Å². The molecular formula is C11H14O5. The van der Waals surface area contributed by atoms with Crippen LogP contribution in [0.15, 0.2) is 18.2 Å². The van der Waals surface area contributed by atoms with Crippen molar-refractivity contribution < 1.29 is 24.5 Å². The summed E-state index contributed by atoms with van der Waals surface area (Å²) < 4.78 is 10.3. The van der Waals surface area contributed by atoms with E-state index in [4.69, 9.17) is 19.7 Å². The molecule has 0 spiro atoms. The van der Waals surface area contributed by atoms with E-state index in [-0.39, 0.29) is 12.2 Å². The third-order valence-corrected chi connectivity index (χ3v) is 1.89. The number of aliphatic hydroxyl groups is 1. The molecule has 0 heterocycles. The molecule has 0 saturated carbocycles. The molecule has 0 aliphatic carbocycles. The number of hydrogen-bond donors (Lipinski definition) is 2. The molecular weight excluding hydrogens is 212 g/mol. The lowest BCUT2D eigenvalue weighted by molar-refractivity contribution is 0.0696. The average molecular weight is 226 g/mol. The summed E-state index contributed by atoms with van der Waals surface area (Å²) >= 11 is 0. The van der Waals surface area contributed by atoms with E-state index in [1.807, 2.05) is 0 Å². The Morgan fingerprint density at radius 3 is 2.62 bits per heavy atom. The molecule has 0 fully saturated rings. The van der Waals surface area contributed by atoms with Crippen molar-refractivity contribution in [3.05, 3.63) is 23.8 Å². The average Bonchev–Trinajstić information content (AvgIpc) is 2.25. The van der Waals surface area contributed by atoms with Crippen molar-refractivity contribution in [1.82, 2.24) is 0 Å². The van der Waals surface area contributed by atoms with Crippen molar-refractivity contribution in [1.29, 1.82) is 0 Å². The molecule has 0 amide bonds. The van der Waals surface area contributed by atoms with Crippen LogP contribution in [0.1, 0.15) is 17.3 Å². The fraction of sp³-hybridized carbons (Fsp3) is 0.364. The van der Waals surface area contributed by atoms with Crippen LogP contribution < -0.4 is 9.47 Å². The minimum Gasteiger partial charge on any atom is -0.493 e. The maximum absolute atomic E-state index is 10.7. The van der Waals surface area contributed by atoms with Crippen LogP contribution in [-0.4, -0.2) is 36.0 Å². The fourth-order valence-corrected chi connectivity index (χ4v) is 1.13. The molecule has 0 saturated heterocycles. The van der Waals surface area contributed by atoms with Gasteiger partial charge in [-0.15, -0.1) is 0 Å². The summed E-state index contributed by atoms with van der Waals surface area (Å²) in [6.07, 6.45) is -0.627. The number of carboxylic acids is 1. The second-order valence-corrected chi connectivity index (χ2v) is 3.33. The zero-order valence-electron chi connectivity index (χ0n) is 9.14. The molecule has 0 aliphatic rings. The summed E-state index contributed by atoms with van der Waals surface area (Å²) in [5.74, 6) is -0.293. The first-order valence-corrected chi connectivity index (χ1v) is 4.76. The Morgan fingerprint density at radius 1 is 1.44 bits per heavy atom. The number of aromatic carboxylic acids is 1. The monoisotopic (exact) mass is 226 g/mol. The van der Waals surface area contributed by atoms with Crippen LogP contribution in [0.3, 0.4) is 0 Å². The fourth-order valence-electron chi connectivity index (χ4n) is 1.13. The van der Waals surface area contributed by atoms with Gasteiger partial charge in [0.05, 0.1) is 18.8 Å². The van der Waals surface area contributed by atoms with Crippen LogP contribution in [-0.2, 0) is 0 Å². The molecule has 5 heteroatoms. The van der Waals surface area contributed by atoms with Crippen LogP contribution in [0.25, 0.3) is 0 Å². The van der Waals surface area contributed by atoms with Gasteiger partial charge in [-0.25, -0.2) is 4.79 Å². The largest absolute Gasteiger partial charge is 0.493 e. The van der Waals surface area contributed by atoms with Gasteiger partial charge in [0.15, 0.2) is 11.5 Å². The Morgan fingerprint density at radius 2 is 2.12 bits per heavy atom. The molecule has 1 rings (SSSR count). The van der Waals surface area contributed by atoms with Crippen LogP contribution in [0.5, 0.6) is 11.5 Å². The second-order valence-electron chi connectivity index (χ2n) is 3.33. The third kappa shape index (κ3) is 3.13. The topological polar surface area (TPSA) is 76.0 Å². The standard InChI is InChI=1S/C11H14O5/c1-7(12)6-16-10-5-8(11(13)14)3-4-9(10)15-2/h3-5,7,12H,6H2,1-2H3,(H,13,14). The van der Waals surface area contributed by atoms with Crippen LogP contribution in [0.2, 0.25) is 0 Å². The number of carbonyl (C=O) groups is 1. The first kappa shape index (κ1) is 12.3. The third-order valence-electron chi connectivity index (χ3n) is 1.89. The summed E-state index contributed by atoms with van der Waals surface area (Å²) in [5.41, 5.74) is 0.112. The van der Waals surface area contributed by atoms with Gasteiger partial charge in [-0.1, -0.05) is 0 Å². The lowest BCUT2D eigenvalue weighted by Crippen LogP contribution is -2.13. The number of ether oxygens (including phenoxy) is 2. The van der Waals surface area contributed by atoms with Crippen molar-refractivity contribution in [2.75, 3.05) is 13.7 Å². The predicted molar refractivity (Wildman–Crippen MR) is 57.1 cm³/mol. The minimum absolute atomic E-state index is 0.0828. The number of carboxylic acid groups (broad SMARTS) is 1. The maximum atomic E-state index is 10.7. The van der Waals surface area contributed by atoms with Crippen LogP contribution >= 0.6 is 0 Å². The molecule has 0 radical (unpaired) electrons. The Bertz CT molecular complexity index is 373. The highest BCUT2D eigenvalue weighted by molar-refractivity contribution is 5.88. The molecule has 16 heavy (non-hydrogen) atoms. The van der Waals surface area contributed by atoms with E-state index in [2.05, 4.69) is 0 Å². The summed E-state index contributed by atoms with van der Waals surface area (Å²) in [4.78, 5) is 10.7. The quantitative estimate of drug-likeness (QED) is 0.787. The number of benzene rings is 1. The lowest BCUT2D eigenvalue weighted by atomic mass is 10.2. The van der Waals surface area contributed by atoms with Gasteiger partial charge in [-0.2, -0.15) is 0 Å². The van der Waals surface area contributed by atoms with Crippen LogP contribution in [0, 0.1) is 0 Å². The van der Waals surface area contributed by atoms with Crippen molar-refractivity contribution in [3.8, 4) is 11.5 Å². The number of aliphatic hydroxyl groups excluding tert-OH is 1. The summed E-state index contributed by atoms with van der Waals surface area (Å²) in [6.45, 7) is 1.66. The van der Waals surface area contributed by atoms with Gasteiger partial charge in [0, 0.05) is 0 Å². The molecule has 1 aromatic carbocycles. The summed E-state index contributed by atoms with van der Waals surface area (Å²) in [7, 11) is 1.46. The molecule has 1 atom stereocenters. The predicted octanol–water partition coefficient (Wildman–Crippen LogP) is 1.15. The van der Waals surface area contributed by atoms with Crippen molar-refractivity contribution in [2.24, 2.45) is 0 Å². The lowest BCUT2D eigenvalue weighted by Gasteiger charge is -2.12. The van der Waals surface area contributed by atoms with E-state index in [9.17, 15) is 4.79 Å². The summed E-state index contributed by atoms with van der Waals surface area (Å²) in [5, 5.41) is 17.9. The number of rotatable bonds is 5. The Labute approximate surface area is 93.2 Å². The van der Waals surface area contributed by atoms with Gasteiger partial charge in [0.1, 0.15) is 6.61 Å². The Hall–Kier alpha value is -1.75. The van der Waals surface area contributed by atoms with Crippen molar-refractivity contribution in [3.63, 3.8) is 0 Å². The number of methoxy groups -OCH3 is 1. The Kier molecular flexibility index (Phi) is 4.13. The molecule has 0 aliphatic heterocycles. The van der Waals surface area contributed by atoms with Gasteiger partial charge >= 0.3 is 5.97 Å². The van der Waals surface area contributed by atoms with E-state index in [0.717, 1.165) is 0 Å². The van der Waals surface area contributed by atoms with E-state index in [1.54, 1.807) is 6.92 Å². The van der Waals surface area contributed by atoms with Gasteiger partial charge in [-0.05, 0) is 25.1 Å². The smallest absolute Gasteiger partial charge is 0.335 e. The Balaban J connectivity index is 2.93. The normalized spacial score (nSPS) is 11.9. The van der Waals surface area contributed by atoms with E-state index in [1.165, 1.54) is 25.3 Å². The summed E-state index contributed by atoms with van der Waals surface area (Å²) in [6, 6.07) is 4.31. The zero-order valence-corrected chi connectivity index (χ0v) is 9.14. The first-order chi connectivity index (χ1) is 7.54. The van der Waals surface area contributed by atoms with Crippen molar-refractivity contribution >= 4 is 5.97 Å². The number of hydrogen-bond acceptors (Lipinski definition) is 4. The zero-order chi connectivity index (χ0) is 12.1. The van der Waals surface area contributed by atoms with Gasteiger partial charge in [0.2, 0.25) is 0 Å². The van der Waals surface area contributed by atoms with Crippen LogP contribution in [0.4, 0.5) is 0 Å². The first-order valence-electron chi connectivity index (χ1n) is 4.76. The maximum Gasteiger partial charge on any atom is 0.335 e. The van der Waals surface area contributed by atoms with E-state index >= 15 is 0 Å². The SMILES string of the molecule is COc1ccc(C(=O)O)cc1OCC(C)O. The molecule has 88 valence electrons. The molecule has 2 N–H and O–H groups in total. The van der Waals surface area contributed by atoms with E-state index in [0.29, 0.717) is 11.5 Å². The molecule has 0 bridgehead atoms. The van der Waals surface area contributed by atoms with Gasteiger partial charge < -0.3 is 19.7 Å². The highest BCUT2D eigenvalue weighted by Gasteiger charge is 2.10. The van der Waals surface area contributed by atoms with Gasteiger partial charge in [0.25, 0.3) is 0 Å². The van der Waals surface area contributed by atoms with Gasteiger partial charge in [-0.3, -0.25) is 0 Å². The molecule has 1 aromatic rings. The minimum atomic E-state index is -1.04. The molecule has 5 nitrogen and oxygen atoms in total. The highest BCUT2D eigenvalue weighted by Crippen LogP contribution is 2.28. The molecule has 0 aromatic heterocycles.